The van der Waals surface area contributed by atoms with Gasteiger partial charge in [0.15, 0.2) is 5.13 Å². The van der Waals surface area contributed by atoms with E-state index < -0.39 is 22.4 Å². The lowest BCUT2D eigenvalue weighted by Gasteiger charge is -2.25. The Hall–Kier alpha value is -2.73. The third kappa shape index (κ3) is 6.62. The van der Waals surface area contributed by atoms with Gasteiger partial charge in [-0.3, -0.25) is 19.8 Å². The van der Waals surface area contributed by atoms with Crippen LogP contribution in [-0.4, -0.2) is 40.3 Å². The zero-order valence-corrected chi connectivity index (χ0v) is 17.4. The first kappa shape index (κ1) is 22.9. The normalized spacial score (nSPS) is 14.9. The molecule has 1 fully saturated rings. The van der Waals surface area contributed by atoms with Gasteiger partial charge >= 0.3 is 6.18 Å². The van der Waals surface area contributed by atoms with Crippen LogP contribution in [0.15, 0.2) is 23.6 Å². The van der Waals surface area contributed by atoms with E-state index in [9.17, 15) is 28.1 Å². The Morgan fingerprint density at radius 3 is 2.68 bits per heavy atom. The summed E-state index contributed by atoms with van der Waals surface area (Å²) in [4.78, 5) is 29.1. The van der Waals surface area contributed by atoms with Crippen molar-refractivity contribution in [1.29, 1.82) is 0 Å². The zero-order chi connectivity index (χ0) is 22.4. The Kier molecular flexibility index (Phi) is 7.44. The molecule has 0 bridgehead atoms. The van der Waals surface area contributed by atoms with Crippen LogP contribution >= 0.6 is 11.3 Å². The molecule has 0 unspecified atom stereocenters. The van der Waals surface area contributed by atoms with Crippen molar-refractivity contribution >= 4 is 33.8 Å². The summed E-state index contributed by atoms with van der Waals surface area (Å²) in [7, 11) is 0. The minimum Gasteiger partial charge on any atom is -0.379 e. The van der Waals surface area contributed by atoms with Crippen molar-refractivity contribution in [2.45, 2.75) is 38.4 Å². The molecule has 2 heterocycles. The first-order valence-corrected chi connectivity index (χ1v) is 10.7. The van der Waals surface area contributed by atoms with E-state index in [1.807, 2.05) is 5.38 Å². The molecule has 2 N–H and O–H groups in total. The number of anilines is 2. The molecule has 1 aromatic heterocycles. The number of alkyl halides is 3. The molecule has 8 nitrogen and oxygen atoms in total. The number of amides is 1. The number of nitrogens with zero attached hydrogens (tertiary/aromatic N) is 3. The van der Waals surface area contributed by atoms with Crippen molar-refractivity contribution in [2.75, 3.05) is 30.3 Å². The van der Waals surface area contributed by atoms with E-state index in [0.717, 1.165) is 37.5 Å². The molecular weight excluding hydrogens is 435 g/mol. The first-order valence-electron chi connectivity index (χ1n) is 9.78. The molecule has 1 aliphatic rings. The summed E-state index contributed by atoms with van der Waals surface area (Å²) in [6.45, 7) is 2.84. The maximum atomic E-state index is 12.8. The molecule has 0 atom stereocenters. The quantitative estimate of drug-likeness (QED) is 0.447. The maximum absolute atomic E-state index is 12.8. The number of nitro benzene ring substituents is 1. The molecule has 0 saturated carbocycles. The summed E-state index contributed by atoms with van der Waals surface area (Å²) in [5.41, 5.74) is -0.992. The molecule has 31 heavy (non-hydrogen) atoms. The van der Waals surface area contributed by atoms with Gasteiger partial charge in [0.1, 0.15) is 5.69 Å². The topological polar surface area (TPSA) is 100 Å². The number of likely N-dealkylation sites (tertiary alicyclic amines) is 1. The second-order valence-corrected chi connectivity index (χ2v) is 8.05. The monoisotopic (exact) mass is 457 g/mol. The van der Waals surface area contributed by atoms with Gasteiger partial charge in [0.05, 0.1) is 16.2 Å². The smallest absolute Gasteiger partial charge is 0.379 e. The lowest BCUT2D eigenvalue weighted by molar-refractivity contribution is -0.384. The van der Waals surface area contributed by atoms with Gasteiger partial charge in [0.25, 0.3) is 5.69 Å². The maximum Gasteiger partial charge on any atom is 0.416 e. The van der Waals surface area contributed by atoms with E-state index in [2.05, 4.69) is 20.5 Å². The van der Waals surface area contributed by atoms with E-state index >= 15 is 0 Å². The van der Waals surface area contributed by atoms with Crippen molar-refractivity contribution in [1.82, 2.24) is 9.88 Å². The highest BCUT2D eigenvalue weighted by atomic mass is 32.1. The summed E-state index contributed by atoms with van der Waals surface area (Å²) in [5.74, 6) is -0.346. The molecule has 12 heteroatoms. The molecular formula is C19H22F3N5O3S. The van der Waals surface area contributed by atoms with E-state index in [0.29, 0.717) is 11.2 Å². The highest BCUT2D eigenvalue weighted by Gasteiger charge is 2.33. The van der Waals surface area contributed by atoms with Gasteiger partial charge in [0.2, 0.25) is 5.91 Å². The van der Waals surface area contributed by atoms with Gasteiger partial charge < -0.3 is 10.6 Å². The number of rotatable bonds is 8. The van der Waals surface area contributed by atoms with E-state index in [-0.39, 0.29) is 24.6 Å². The third-order valence-corrected chi connectivity index (χ3v) is 5.63. The number of halogens is 3. The van der Waals surface area contributed by atoms with Gasteiger partial charge in [-0.2, -0.15) is 13.2 Å². The minimum absolute atomic E-state index is 0.0179. The van der Waals surface area contributed by atoms with Crippen molar-refractivity contribution in [3.63, 3.8) is 0 Å². The lowest BCUT2D eigenvalue weighted by Crippen LogP contribution is -2.29. The minimum atomic E-state index is -4.68. The van der Waals surface area contributed by atoms with Gasteiger partial charge in [0, 0.05) is 31.0 Å². The van der Waals surface area contributed by atoms with Crippen molar-refractivity contribution in [3.05, 3.63) is 45.0 Å². The van der Waals surface area contributed by atoms with Crippen LogP contribution in [0.4, 0.5) is 29.7 Å². The number of piperidine rings is 1. The molecule has 3 rings (SSSR count). The second-order valence-electron chi connectivity index (χ2n) is 7.19. The van der Waals surface area contributed by atoms with Gasteiger partial charge in [-0.1, -0.05) is 6.42 Å². The SMILES string of the molecule is O=C(CCNc1ccc(C(F)(F)F)cc1[N+](=O)[O-])Nc1nc(CN2CCCCC2)cs1. The number of nitrogens with one attached hydrogen (secondary N) is 2. The number of thiazole rings is 1. The molecule has 1 aromatic carbocycles. The molecule has 168 valence electrons. The molecule has 0 spiro atoms. The summed E-state index contributed by atoms with van der Waals surface area (Å²) in [6, 6.07) is 2.23. The molecule has 2 aromatic rings. The van der Waals surface area contributed by atoms with Crippen molar-refractivity contribution in [3.8, 4) is 0 Å². The Bertz CT molecular complexity index is 929. The van der Waals surface area contributed by atoms with Crippen LogP contribution in [0.1, 0.15) is 36.9 Å². The van der Waals surface area contributed by atoms with Gasteiger partial charge in [-0.05, 0) is 38.1 Å². The number of hydrogen-bond acceptors (Lipinski definition) is 7. The fraction of sp³-hybridized carbons (Fsp3) is 0.474. The number of nitro groups is 1. The number of carbonyl (C=O) groups excluding carboxylic acids is 1. The highest BCUT2D eigenvalue weighted by Crippen LogP contribution is 2.34. The third-order valence-electron chi connectivity index (χ3n) is 4.82. The van der Waals surface area contributed by atoms with Crippen LogP contribution in [-0.2, 0) is 17.5 Å². The number of carbonyl (C=O) groups is 1. The van der Waals surface area contributed by atoms with Crippen LogP contribution in [0.2, 0.25) is 0 Å². The van der Waals surface area contributed by atoms with Crippen LogP contribution in [0.5, 0.6) is 0 Å². The predicted octanol–water partition coefficient (Wildman–Crippen LogP) is 4.50. The van der Waals surface area contributed by atoms with Crippen LogP contribution in [0.25, 0.3) is 0 Å². The number of aromatic nitrogens is 1. The number of hydrogen-bond donors (Lipinski definition) is 2. The standard InChI is InChI=1S/C19H22F3N5O3S/c20-19(21,22)13-4-5-15(16(10-13)27(29)30)23-7-6-17(28)25-18-24-14(12-31-18)11-26-8-2-1-3-9-26/h4-5,10,12,23H,1-3,6-9,11H2,(H,24,25,28). The van der Waals surface area contributed by atoms with Gasteiger partial charge in [-0.15, -0.1) is 11.3 Å². The van der Waals surface area contributed by atoms with E-state index in [1.54, 1.807) is 0 Å². The molecule has 0 aliphatic carbocycles. The average molecular weight is 457 g/mol. The zero-order valence-electron chi connectivity index (χ0n) is 16.6. The van der Waals surface area contributed by atoms with Crippen molar-refractivity contribution < 1.29 is 22.9 Å². The van der Waals surface area contributed by atoms with Crippen molar-refractivity contribution in [2.24, 2.45) is 0 Å². The first-order chi connectivity index (χ1) is 14.7. The van der Waals surface area contributed by atoms with E-state index in [1.165, 1.54) is 30.6 Å². The Morgan fingerprint density at radius 1 is 1.26 bits per heavy atom. The Labute approximate surface area is 180 Å². The largest absolute Gasteiger partial charge is 0.416 e. The molecule has 0 radical (unpaired) electrons. The van der Waals surface area contributed by atoms with Crippen LogP contribution in [0.3, 0.4) is 0 Å². The van der Waals surface area contributed by atoms with E-state index in [4.69, 9.17) is 0 Å². The van der Waals surface area contributed by atoms with Gasteiger partial charge in [-0.25, -0.2) is 4.98 Å². The fourth-order valence-corrected chi connectivity index (χ4v) is 4.00. The highest BCUT2D eigenvalue weighted by molar-refractivity contribution is 7.13. The summed E-state index contributed by atoms with van der Waals surface area (Å²) in [6.07, 6.45) is -1.10. The molecule has 1 aliphatic heterocycles. The Balaban J connectivity index is 1.50. The summed E-state index contributed by atoms with van der Waals surface area (Å²) in [5, 5.41) is 18.8. The lowest BCUT2D eigenvalue weighted by atomic mass is 10.1. The van der Waals surface area contributed by atoms with Crippen LogP contribution in [0, 0.1) is 10.1 Å². The Morgan fingerprint density at radius 2 is 2.00 bits per heavy atom. The summed E-state index contributed by atoms with van der Waals surface area (Å²) < 4.78 is 38.3. The number of benzene rings is 1. The average Bonchev–Trinajstić information content (AvgIpc) is 3.14. The molecule has 1 saturated heterocycles. The predicted molar refractivity (Wildman–Crippen MR) is 111 cm³/mol. The van der Waals surface area contributed by atoms with Crippen LogP contribution < -0.4 is 10.6 Å². The fourth-order valence-electron chi connectivity index (χ4n) is 3.28. The molecule has 1 amide bonds. The summed E-state index contributed by atoms with van der Waals surface area (Å²) >= 11 is 1.32. The second kappa shape index (κ2) is 10.1.